The molecule has 0 spiro atoms. The Hall–Kier alpha value is -1.84. The summed E-state index contributed by atoms with van der Waals surface area (Å²) in [5.74, 6) is -1.01. The van der Waals surface area contributed by atoms with E-state index in [4.69, 9.17) is 0 Å². The smallest absolute Gasteiger partial charge is 0.307 e. The van der Waals surface area contributed by atoms with Gasteiger partial charge in [0.25, 0.3) is 0 Å². The van der Waals surface area contributed by atoms with Crippen molar-refractivity contribution in [2.75, 3.05) is 13.1 Å². The summed E-state index contributed by atoms with van der Waals surface area (Å²) >= 11 is 0. The van der Waals surface area contributed by atoms with E-state index < -0.39 is 11.9 Å². The van der Waals surface area contributed by atoms with Crippen molar-refractivity contribution in [1.82, 2.24) is 4.90 Å². The molecular formula is C19H25NO3. The molecule has 124 valence electrons. The second-order valence-corrected chi connectivity index (χ2v) is 6.85. The first kappa shape index (κ1) is 16.0. The Morgan fingerprint density at radius 2 is 1.52 bits per heavy atom. The maximum atomic E-state index is 12.8. The number of carboxylic acids is 1. The molecule has 1 aromatic carbocycles. The molecular weight excluding hydrogens is 290 g/mol. The van der Waals surface area contributed by atoms with Crippen molar-refractivity contribution in [3.8, 4) is 0 Å². The number of aliphatic carboxylic acids is 1. The number of carboxylic acid groups (broad SMARTS) is 1. The standard InChI is InChI=1S/C19H25NO3/c21-18(16-8-4-5-9-17(16)19(22)23)20-12-10-15(11-13-20)14-6-2-1-3-7-14/h1-3,6-7,15-17H,4-5,8-13H2,(H,22,23)/t16-,17+/m0/s1. The van der Waals surface area contributed by atoms with Gasteiger partial charge >= 0.3 is 5.97 Å². The molecule has 1 heterocycles. The summed E-state index contributed by atoms with van der Waals surface area (Å²) in [5.41, 5.74) is 1.35. The molecule has 0 aromatic heterocycles. The molecule has 0 bridgehead atoms. The number of nitrogens with zero attached hydrogens (tertiary/aromatic N) is 1. The maximum Gasteiger partial charge on any atom is 0.307 e. The van der Waals surface area contributed by atoms with E-state index in [1.54, 1.807) is 0 Å². The van der Waals surface area contributed by atoms with Crippen LogP contribution in [0.3, 0.4) is 0 Å². The number of rotatable bonds is 3. The van der Waals surface area contributed by atoms with Gasteiger partial charge in [-0.25, -0.2) is 0 Å². The predicted octanol–water partition coefficient (Wildman–Crippen LogP) is 3.28. The van der Waals surface area contributed by atoms with Crippen molar-refractivity contribution in [1.29, 1.82) is 0 Å². The van der Waals surface area contributed by atoms with Crippen LogP contribution in [0.15, 0.2) is 30.3 Å². The topological polar surface area (TPSA) is 57.6 Å². The highest BCUT2D eigenvalue weighted by Crippen LogP contribution is 2.34. The lowest BCUT2D eigenvalue weighted by Gasteiger charge is -2.37. The highest BCUT2D eigenvalue weighted by molar-refractivity contribution is 5.85. The van der Waals surface area contributed by atoms with Crippen molar-refractivity contribution in [2.24, 2.45) is 11.8 Å². The Morgan fingerprint density at radius 1 is 0.913 bits per heavy atom. The third kappa shape index (κ3) is 3.57. The van der Waals surface area contributed by atoms with Gasteiger partial charge in [0.05, 0.1) is 11.8 Å². The van der Waals surface area contributed by atoms with Crippen molar-refractivity contribution < 1.29 is 14.7 Å². The van der Waals surface area contributed by atoms with Crippen molar-refractivity contribution in [3.63, 3.8) is 0 Å². The van der Waals surface area contributed by atoms with Crippen LogP contribution in [0.2, 0.25) is 0 Å². The Balaban J connectivity index is 1.60. The van der Waals surface area contributed by atoms with Crippen LogP contribution < -0.4 is 0 Å². The van der Waals surface area contributed by atoms with E-state index in [0.29, 0.717) is 12.3 Å². The summed E-state index contributed by atoms with van der Waals surface area (Å²) < 4.78 is 0. The van der Waals surface area contributed by atoms with Crippen molar-refractivity contribution >= 4 is 11.9 Å². The third-order valence-electron chi connectivity index (χ3n) is 5.48. The first-order valence-corrected chi connectivity index (χ1v) is 8.73. The molecule has 1 aromatic rings. The molecule has 4 nitrogen and oxygen atoms in total. The van der Waals surface area contributed by atoms with Crippen LogP contribution in [0.1, 0.15) is 50.0 Å². The molecule has 0 unspecified atom stereocenters. The molecule has 1 N–H and O–H groups in total. The molecule has 1 saturated carbocycles. The quantitative estimate of drug-likeness (QED) is 0.931. The van der Waals surface area contributed by atoms with Crippen LogP contribution in [0, 0.1) is 11.8 Å². The lowest BCUT2D eigenvalue weighted by atomic mass is 9.78. The lowest BCUT2D eigenvalue weighted by Crippen LogP contribution is -2.45. The van der Waals surface area contributed by atoms with Crippen molar-refractivity contribution in [3.05, 3.63) is 35.9 Å². The summed E-state index contributed by atoms with van der Waals surface area (Å²) in [6.07, 6.45) is 5.22. The Labute approximate surface area is 137 Å². The molecule has 23 heavy (non-hydrogen) atoms. The zero-order valence-corrected chi connectivity index (χ0v) is 13.5. The van der Waals surface area contributed by atoms with Gasteiger partial charge in [0.1, 0.15) is 0 Å². The third-order valence-corrected chi connectivity index (χ3v) is 5.48. The Bertz CT molecular complexity index is 549. The molecule has 0 radical (unpaired) electrons. The minimum Gasteiger partial charge on any atom is -0.481 e. The number of carbonyl (C=O) groups excluding carboxylic acids is 1. The summed E-state index contributed by atoms with van der Waals surface area (Å²) in [6.45, 7) is 1.50. The lowest BCUT2D eigenvalue weighted by molar-refractivity contribution is -0.152. The summed E-state index contributed by atoms with van der Waals surface area (Å²) in [7, 11) is 0. The van der Waals surface area contributed by atoms with E-state index >= 15 is 0 Å². The second-order valence-electron chi connectivity index (χ2n) is 6.85. The fourth-order valence-corrected chi connectivity index (χ4v) is 4.11. The molecule has 1 aliphatic heterocycles. The van der Waals surface area contributed by atoms with Gasteiger partial charge in [-0.05, 0) is 37.2 Å². The van der Waals surface area contributed by atoms with Gasteiger partial charge in [-0.2, -0.15) is 0 Å². The molecule has 1 aliphatic carbocycles. The largest absolute Gasteiger partial charge is 0.481 e. The number of hydrogen-bond donors (Lipinski definition) is 1. The Morgan fingerprint density at radius 3 is 2.13 bits per heavy atom. The number of carbonyl (C=O) groups is 2. The van der Waals surface area contributed by atoms with Crippen LogP contribution in [-0.2, 0) is 9.59 Å². The zero-order valence-electron chi connectivity index (χ0n) is 13.5. The number of piperidine rings is 1. The monoisotopic (exact) mass is 315 g/mol. The fourth-order valence-electron chi connectivity index (χ4n) is 4.11. The van der Waals surface area contributed by atoms with E-state index in [1.807, 2.05) is 11.0 Å². The van der Waals surface area contributed by atoms with Crippen LogP contribution in [-0.4, -0.2) is 35.0 Å². The van der Waals surface area contributed by atoms with Gasteiger partial charge in [-0.15, -0.1) is 0 Å². The minimum absolute atomic E-state index is 0.0728. The number of benzene rings is 1. The molecule has 3 rings (SSSR count). The SMILES string of the molecule is O=C(O)[C@@H]1CCCC[C@@H]1C(=O)N1CCC(c2ccccc2)CC1. The maximum absolute atomic E-state index is 12.8. The number of likely N-dealkylation sites (tertiary alicyclic amines) is 1. The van der Waals surface area contributed by atoms with Gasteiger partial charge in [0.2, 0.25) is 5.91 Å². The van der Waals surface area contributed by atoms with E-state index in [0.717, 1.165) is 45.2 Å². The van der Waals surface area contributed by atoms with Gasteiger partial charge in [-0.1, -0.05) is 43.2 Å². The predicted molar refractivity (Wildman–Crippen MR) is 88.1 cm³/mol. The van der Waals surface area contributed by atoms with Gasteiger partial charge in [-0.3, -0.25) is 9.59 Å². The average molecular weight is 315 g/mol. The summed E-state index contributed by atoms with van der Waals surface area (Å²) in [4.78, 5) is 26.1. The molecule has 1 amide bonds. The van der Waals surface area contributed by atoms with Crippen LogP contribution in [0.4, 0.5) is 0 Å². The molecule has 2 fully saturated rings. The van der Waals surface area contributed by atoms with Gasteiger partial charge in [0, 0.05) is 13.1 Å². The summed E-state index contributed by atoms with van der Waals surface area (Å²) in [5, 5.41) is 9.38. The second kappa shape index (κ2) is 7.16. The van der Waals surface area contributed by atoms with Gasteiger partial charge in [0.15, 0.2) is 0 Å². The van der Waals surface area contributed by atoms with Crippen LogP contribution in [0.5, 0.6) is 0 Å². The molecule has 1 saturated heterocycles. The van der Waals surface area contributed by atoms with Gasteiger partial charge < -0.3 is 10.0 Å². The van der Waals surface area contributed by atoms with Crippen LogP contribution in [0.25, 0.3) is 0 Å². The van der Waals surface area contributed by atoms with E-state index in [1.165, 1.54) is 5.56 Å². The van der Waals surface area contributed by atoms with E-state index in [9.17, 15) is 14.7 Å². The Kier molecular flexibility index (Phi) is 4.99. The van der Waals surface area contributed by atoms with E-state index in [-0.39, 0.29) is 11.8 Å². The number of hydrogen-bond acceptors (Lipinski definition) is 2. The van der Waals surface area contributed by atoms with Crippen LogP contribution >= 0.6 is 0 Å². The first-order valence-electron chi connectivity index (χ1n) is 8.73. The highest BCUT2D eigenvalue weighted by Gasteiger charge is 2.38. The highest BCUT2D eigenvalue weighted by atomic mass is 16.4. The summed E-state index contributed by atoms with van der Waals surface area (Å²) in [6, 6.07) is 10.5. The molecule has 4 heteroatoms. The minimum atomic E-state index is -0.803. The normalized spacial score (nSPS) is 26.0. The average Bonchev–Trinajstić information content (AvgIpc) is 2.62. The van der Waals surface area contributed by atoms with E-state index in [2.05, 4.69) is 24.3 Å². The van der Waals surface area contributed by atoms with Crippen molar-refractivity contribution in [2.45, 2.75) is 44.4 Å². The number of amides is 1. The fraction of sp³-hybridized carbons (Fsp3) is 0.579. The first-order chi connectivity index (χ1) is 11.2. The molecule has 2 atom stereocenters. The molecule has 2 aliphatic rings. The zero-order chi connectivity index (χ0) is 16.2.